The Hall–Kier alpha value is -3.41. The maximum atomic E-state index is 13.4. The van der Waals surface area contributed by atoms with Crippen molar-refractivity contribution in [1.82, 2.24) is 14.8 Å². The van der Waals surface area contributed by atoms with E-state index in [2.05, 4.69) is 21.9 Å². The fourth-order valence-corrected chi connectivity index (χ4v) is 4.56. The van der Waals surface area contributed by atoms with E-state index in [1.165, 1.54) is 31.4 Å². The first-order valence-electron chi connectivity index (χ1n) is 11.3. The van der Waals surface area contributed by atoms with E-state index in [1.54, 1.807) is 18.3 Å². The van der Waals surface area contributed by atoms with E-state index < -0.39 is 0 Å². The molecule has 1 N–H and O–H groups in total. The highest BCUT2D eigenvalue weighted by molar-refractivity contribution is 5.96. The van der Waals surface area contributed by atoms with E-state index in [-0.39, 0.29) is 5.82 Å². The number of pyridine rings is 1. The van der Waals surface area contributed by atoms with Crippen molar-refractivity contribution < 1.29 is 9.13 Å². The lowest BCUT2D eigenvalue weighted by Gasteiger charge is -2.29. The third-order valence-corrected chi connectivity index (χ3v) is 6.29. The summed E-state index contributed by atoms with van der Waals surface area (Å²) in [7, 11) is 0. The Bertz CT molecular complexity index is 1190. The topological polar surface area (TPSA) is 52.0 Å². The van der Waals surface area contributed by atoms with Gasteiger partial charge in [-0.15, -0.1) is 0 Å². The van der Waals surface area contributed by atoms with Crippen LogP contribution in [0.15, 0.2) is 66.9 Å². The predicted octanol–water partition coefficient (Wildman–Crippen LogP) is 6.64. The Kier molecular flexibility index (Phi) is 5.75. The van der Waals surface area contributed by atoms with Gasteiger partial charge in [0.25, 0.3) is 0 Å². The SMILES string of the molecule is C[C@H]1CCCC[C@@H]1n1nc(Nc2ccc(F)cc2)c2c(OCc3ccccc3)nccc21. The zero-order valence-electron chi connectivity index (χ0n) is 18.2. The van der Waals surface area contributed by atoms with E-state index in [1.807, 2.05) is 36.4 Å². The molecular formula is C26H27FN4O. The number of ether oxygens (including phenoxy) is 1. The molecule has 6 heteroatoms. The fraction of sp³-hybridized carbons (Fsp3) is 0.308. The molecule has 2 aromatic heterocycles. The van der Waals surface area contributed by atoms with Crippen LogP contribution < -0.4 is 10.1 Å². The van der Waals surface area contributed by atoms with Crippen LogP contribution >= 0.6 is 0 Å². The Morgan fingerprint density at radius 2 is 1.81 bits per heavy atom. The van der Waals surface area contributed by atoms with Crippen LogP contribution in [0.2, 0.25) is 0 Å². The van der Waals surface area contributed by atoms with Gasteiger partial charge < -0.3 is 10.1 Å². The van der Waals surface area contributed by atoms with Crippen LogP contribution in [0.25, 0.3) is 10.9 Å². The molecule has 0 radical (unpaired) electrons. The molecule has 0 unspecified atom stereocenters. The van der Waals surface area contributed by atoms with E-state index in [0.717, 1.165) is 28.6 Å². The number of anilines is 2. The number of halogens is 1. The molecule has 2 aromatic carbocycles. The van der Waals surface area contributed by atoms with Crippen LogP contribution in [-0.4, -0.2) is 14.8 Å². The first-order valence-corrected chi connectivity index (χ1v) is 11.3. The largest absolute Gasteiger partial charge is 0.472 e. The van der Waals surface area contributed by atoms with Crippen molar-refractivity contribution in [2.45, 2.75) is 45.3 Å². The molecule has 32 heavy (non-hydrogen) atoms. The van der Waals surface area contributed by atoms with Gasteiger partial charge in [-0.25, -0.2) is 9.37 Å². The van der Waals surface area contributed by atoms with E-state index in [0.29, 0.717) is 30.3 Å². The Morgan fingerprint density at radius 1 is 1.03 bits per heavy atom. The van der Waals surface area contributed by atoms with Crippen LogP contribution in [0.3, 0.4) is 0 Å². The van der Waals surface area contributed by atoms with Gasteiger partial charge in [-0.05, 0) is 54.7 Å². The molecule has 0 spiro atoms. The number of nitrogens with one attached hydrogen (secondary N) is 1. The number of fused-ring (bicyclic) bond motifs is 1. The Labute approximate surface area is 187 Å². The van der Waals surface area contributed by atoms with E-state index in [9.17, 15) is 4.39 Å². The van der Waals surface area contributed by atoms with Crippen molar-refractivity contribution in [3.8, 4) is 5.88 Å². The predicted molar refractivity (Wildman–Crippen MR) is 125 cm³/mol. The molecular weight excluding hydrogens is 403 g/mol. The number of aromatic nitrogens is 3. The molecule has 164 valence electrons. The minimum atomic E-state index is -0.268. The van der Waals surface area contributed by atoms with Gasteiger partial charge in [-0.3, -0.25) is 4.68 Å². The zero-order chi connectivity index (χ0) is 21.9. The van der Waals surface area contributed by atoms with Crippen LogP contribution in [0.1, 0.15) is 44.2 Å². The summed E-state index contributed by atoms with van der Waals surface area (Å²) in [6, 6.07) is 18.7. The zero-order valence-corrected chi connectivity index (χ0v) is 18.2. The minimum absolute atomic E-state index is 0.268. The van der Waals surface area contributed by atoms with Crippen LogP contribution in [0.5, 0.6) is 5.88 Å². The van der Waals surface area contributed by atoms with Gasteiger partial charge in [-0.1, -0.05) is 50.1 Å². The summed E-state index contributed by atoms with van der Waals surface area (Å²) in [4.78, 5) is 4.54. The maximum Gasteiger partial charge on any atom is 0.227 e. The monoisotopic (exact) mass is 430 g/mol. The normalized spacial score (nSPS) is 18.6. The van der Waals surface area contributed by atoms with Gasteiger partial charge >= 0.3 is 0 Å². The second-order valence-electron chi connectivity index (χ2n) is 8.54. The number of rotatable bonds is 6. The molecule has 1 aliphatic carbocycles. The number of benzene rings is 2. The molecule has 1 fully saturated rings. The van der Waals surface area contributed by atoms with Gasteiger partial charge in [-0.2, -0.15) is 5.10 Å². The number of nitrogens with zero attached hydrogens (tertiary/aromatic N) is 3. The molecule has 0 amide bonds. The summed E-state index contributed by atoms with van der Waals surface area (Å²) in [6.07, 6.45) is 6.58. The van der Waals surface area contributed by atoms with Crippen molar-refractivity contribution in [3.63, 3.8) is 0 Å². The summed E-state index contributed by atoms with van der Waals surface area (Å²) >= 11 is 0. The van der Waals surface area contributed by atoms with Crippen molar-refractivity contribution in [1.29, 1.82) is 0 Å². The average molecular weight is 431 g/mol. The highest BCUT2D eigenvalue weighted by atomic mass is 19.1. The van der Waals surface area contributed by atoms with Gasteiger partial charge in [0.2, 0.25) is 5.88 Å². The quantitative estimate of drug-likeness (QED) is 0.372. The van der Waals surface area contributed by atoms with Crippen molar-refractivity contribution >= 4 is 22.4 Å². The second-order valence-corrected chi connectivity index (χ2v) is 8.54. The maximum absolute atomic E-state index is 13.4. The molecule has 0 aliphatic heterocycles. The second kappa shape index (κ2) is 8.99. The van der Waals surface area contributed by atoms with Gasteiger partial charge in [0.1, 0.15) is 17.8 Å². The van der Waals surface area contributed by atoms with Gasteiger partial charge in [0.15, 0.2) is 5.82 Å². The summed E-state index contributed by atoms with van der Waals surface area (Å²) in [6.45, 7) is 2.73. The third kappa shape index (κ3) is 4.17. The first kappa shape index (κ1) is 20.5. The molecule has 4 aromatic rings. The lowest BCUT2D eigenvalue weighted by Crippen LogP contribution is -2.22. The lowest BCUT2D eigenvalue weighted by molar-refractivity contribution is 0.246. The van der Waals surface area contributed by atoms with E-state index >= 15 is 0 Å². The van der Waals surface area contributed by atoms with Crippen LogP contribution in [-0.2, 0) is 6.61 Å². The number of hydrogen-bond donors (Lipinski definition) is 1. The smallest absolute Gasteiger partial charge is 0.227 e. The third-order valence-electron chi connectivity index (χ3n) is 6.29. The summed E-state index contributed by atoms with van der Waals surface area (Å²) in [5, 5.41) is 9.21. The molecule has 1 aliphatic rings. The average Bonchev–Trinajstić information content (AvgIpc) is 3.19. The van der Waals surface area contributed by atoms with Crippen molar-refractivity contribution in [2.75, 3.05) is 5.32 Å². The van der Waals surface area contributed by atoms with Crippen LogP contribution in [0.4, 0.5) is 15.9 Å². The summed E-state index contributed by atoms with van der Waals surface area (Å²) in [5.41, 5.74) is 2.85. The summed E-state index contributed by atoms with van der Waals surface area (Å²) < 4.78 is 21.7. The first-order chi connectivity index (χ1) is 15.7. The Balaban J connectivity index is 1.56. The highest BCUT2D eigenvalue weighted by Crippen LogP contribution is 2.39. The lowest BCUT2D eigenvalue weighted by atomic mass is 9.86. The molecule has 5 rings (SSSR count). The molecule has 2 atom stereocenters. The minimum Gasteiger partial charge on any atom is -0.472 e. The molecule has 0 saturated heterocycles. The van der Waals surface area contributed by atoms with Crippen LogP contribution in [0, 0.1) is 11.7 Å². The fourth-order valence-electron chi connectivity index (χ4n) is 4.56. The van der Waals surface area contributed by atoms with Crippen molar-refractivity contribution in [2.24, 2.45) is 5.92 Å². The standard InChI is InChI=1S/C26H27FN4O/c1-18-7-5-6-10-22(18)31-23-15-16-28-26(32-17-19-8-3-2-4-9-19)24(23)25(30-31)29-21-13-11-20(27)12-14-21/h2-4,8-9,11-16,18,22H,5-7,10,17H2,1H3,(H,29,30)/t18-,22-/m0/s1. The molecule has 5 nitrogen and oxygen atoms in total. The van der Waals surface area contributed by atoms with E-state index in [4.69, 9.17) is 9.84 Å². The molecule has 2 heterocycles. The Morgan fingerprint density at radius 3 is 2.59 bits per heavy atom. The summed E-state index contributed by atoms with van der Waals surface area (Å²) in [5.74, 6) is 1.51. The van der Waals surface area contributed by atoms with Gasteiger partial charge in [0, 0.05) is 11.9 Å². The van der Waals surface area contributed by atoms with Crippen molar-refractivity contribution in [3.05, 3.63) is 78.2 Å². The van der Waals surface area contributed by atoms with Gasteiger partial charge in [0.05, 0.1) is 11.6 Å². The molecule has 1 saturated carbocycles. The molecule has 0 bridgehead atoms. The highest BCUT2D eigenvalue weighted by Gasteiger charge is 2.27. The number of hydrogen-bond acceptors (Lipinski definition) is 4.